The van der Waals surface area contributed by atoms with Crippen molar-refractivity contribution in [3.05, 3.63) is 59.7 Å². The Balaban J connectivity index is 2.11. The monoisotopic (exact) mass is 420 g/mol. The van der Waals surface area contributed by atoms with Gasteiger partial charge >= 0.3 is 5.97 Å². The van der Waals surface area contributed by atoms with Crippen molar-refractivity contribution in [3.8, 4) is 29.4 Å². The molecule has 0 aromatic heterocycles. The first-order chi connectivity index (χ1) is 15.2. The van der Waals surface area contributed by atoms with Crippen LogP contribution in [0.2, 0.25) is 0 Å². The standard InChI is InChI=1S/C24H24N2O5/c25-11-1-3-14-29-22-16-20(17-23(18-22)30-15-4-2-12-26)24(28)31-21-9-7-19(8-10-21)6-5-13-27/h5-10,16-18,27H,1-4,13-15H2/b6-5+. The molecule has 2 rings (SSSR count). The molecule has 31 heavy (non-hydrogen) atoms. The molecule has 160 valence electrons. The van der Waals surface area contributed by atoms with Crippen LogP contribution < -0.4 is 14.2 Å². The summed E-state index contributed by atoms with van der Waals surface area (Å²) in [5.41, 5.74) is 1.13. The maximum Gasteiger partial charge on any atom is 0.343 e. The van der Waals surface area contributed by atoms with E-state index in [-0.39, 0.29) is 12.2 Å². The molecule has 7 nitrogen and oxygen atoms in total. The molecule has 0 radical (unpaired) electrons. The predicted octanol–water partition coefficient (Wildman–Crippen LogP) is 4.28. The number of aliphatic hydroxyl groups excluding tert-OH is 1. The van der Waals surface area contributed by atoms with Crippen LogP contribution in [0.1, 0.15) is 41.6 Å². The number of aliphatic hydroxyl groups is 1. The topological polar surface area (TPSA) is 113 Å². The average molecular weight is 420 g/mol. The maximum atomic E-state index is 12.7. The Morgan fingerprint density at radius 2 is 1.48 bits per heavy atom. The number of rotatable bonds is 12. The molecule has 2 aromatic rings. The van der Waals surface area contributed by atoms with Crippen molar-refractivity contribution < 1.29 is 24.1 Å². The van der Waals surface area contributed by atoms with Gasteiger partial charge in [0.1, 0.15) is 17.2 Å². The van der Waals surface area contributed by atoms with Crippen molar-refractivity contribution in [1.82, 2.24) is 0 Å². The molecule has 0 unspecified atom stereocenters. The van der Waals surface area contributed by atoms with Crippen LogP contribution in [0.25, 0.3) is 6.08 Å². The molecule has 0 aliphatic heterocycles. The summed E-state index contributed by atoms with van der Waals surface area (Å²) in [5, 5.41) is 26.1. The molecule has 0 aliphatic rings. The third kappa shape index (κ3) is 8.61. The van der Waals surface area contributed by atoms with Crippen LogP contribution >= 0.6 is 0 Å². The smallest absolute Gasteiger partial charge is 0.343 e. The van der Waals surface area contributed by atoms with Crippen molar-refractivity contribution >= 4 is 12.0 Å². The summed E-state index contributed by atoms with van der Waals surface area (Å²) >= 11 is 0. The Morgan fingerprint density at radius 3 is 2.00 bits per heavy atom. The van der Waals surface area contributed by atoms with Gasteiger partial charge in [-0.15, -0.1) is 0 Å². The maximum absolute atomic E-state index is 12.7. The van der Waals surface area contributed by atoms with Crippen LogP contribution in [-0.2, 0) is 0 Å². The highest BCUT2D eigenvalue weighted by Gasteiger charge is 2.13. The second-order valence-corrected chi connectivity index (χ2v) is 6.46. The Labute approximate surface area is 181 Å². The number of benzene rings is 2. The van der Waals surface area contributed by atoms with E-state index < -0.39 is 5.97 Å². The van der Waals surface area contributed by atoms with Crippen molar-refractivity contribution in [3.63, 3.8) is 0 Å². The first kappa shape index (κ1) is 23.5. The molecular weight excluding hydrogens is 396 g/mol. The quantitative estimate of drug-likeness (QED) is 0.310. The molecule has 7 heteroatoms. The Morgan fingerprint density at radius 1 is 0.903 bits per heavy atom. The number of hydrogen-bond acceptors (Lipinski definition) is 7. The van der Waals surface area contributed by atoms with E-state index in [2.05, 4.69) is 12.1 Å². The van der Waals surface area contributed by atoms with Crippen molar-refractivity contribution in [2.75, 3.05) is 19.8 Å². The highest BCUT2D eigenvalue weighted by molar-refractivity contribution is 5.92. The summed E-state index contributed by atoms with van der Waals surface area (Å²) < 4.78 is 16.7. The summed E-state index contributed by atoms with van der Waals surface area (Å²) in [4.78, 5) is 12.7. The number of nitrogens with zero attached hydrogens (tertiary/aromatic N) is 2. The first-order valence-corrected chi connectivity index (χ1v) is 9.90. The van der Waals surface area contributed by atoms with E-state index in [1.807, 2.05) is 0 Å². The lowest BCUT2D eigenvalue weighted by Gasteiger charge is -2.12. The summed E-state index contributed by atoms with van der Waals surface area (Å²) in [5.74, 6) is 0.685. The normalized spacial score (nSPS) is 10.3. The summed E-state index contributed by atoms with van der Waals surface area (Å²) in [6.45, 7) is 0.623. The van der Waals surface area contributed by atoms with Crippen LogP contribution in [0.5, 0.6) is 17.2 Å². The lowest BCUT2D eigenvalue weighted by Crippen LogP contribution is -2.10. The van der Waals surface area contributed by atoms with Crippen molar-refractivity contribution in [2.24, 2.45) is 0 Å². The largest absolute Gasteiger partial charge is 0.493 e. The third-order valence-corrected chi connectivity index (χ3v) is 4.03. The van der Waals surface area contributed by atoms with Gasteiger partial charge in [-0.2, -0.15) is 10.5 Å². The van der Waals surface area contributed by atoms with Gasteiger partial charge in [-0.3, -0.25) is 0 Å². The Kier molecular flexibility index (Phi) is 10.2. The fourth-order valence-electron chi connectivity index (χ4n) is 2.54. The van der Waals surface area contributed by atoms with E-state index >= 15 is 0 Å². The highest BCUT2D eigenvalue weighted by Crippen LogP contribution is 2.25. The molecule has 2 aromatic carbocycles. The number of esters is 1. The number of unbranched alkanes of at least 4 members (excludes halogenated alkanes) is 2. The molecule has 0 atom stereocenters. The van der Waals surface area contributed by atoms with E-state index in [1.165, 1.54) is 0 Å². The molecule has 0 aliphatic carbocycles. The molecule has 0 amide bonds. The lowest BCUT2D eigenvalue weighted by molar-refractivity contribution is 0.0733. The summed E-state index contributed by atoms with van der Waals surface area (Å²) in [6, 6.07) is 15.8. The molecule has 0 heterocycles. The van der Waals surface area contributed by atoms with Crippen LogP contribution in [0.3, 0.4) is 0 Å². The second kappa shape index (κ2) is 13.4. The molecule has 0 saturated carbocycles. The minimum absolute atomic E-state index is 0.0490. The number of carbonyl (C=O) groups is 1. The number of carbonyl (C=O) groups excluding carboxylic acids is 1. The van der Waals surface area contributed by atoms with E-state index in [0.29, 0.717) is 56.1 Å². The van der Waals surface area contributed by atoms with Gasteiger partial charge in [-0.1, -0.05) is 24.3 Å². The molecule has 0 bridgehead atoms. The van der Waals surface area contributed by atoms with E-state index in [4.69, 9.17) is 29.8 Å². The van der Waals surface area contributed by atoms with Gasteiger partial charge in [0.05, 0.1) is 37.5 Å². The van der Waals surface area contributed by atoms with Gasteiger partial charge in [0.2, 0.25) is 0 Å². The molecule has 0 saturated heterocycles. The SMILES string of the molecule is N#CCCCOc1cc(OCCCC#N)cc(C(=O)Oc2ccc(/C=C/CO)cc2)c1. The number of ether oxygens (including phenoxy) is 3. The van der Waals surface area contributed by atoms with Gasteiger partial charge in [0, 0.05) is 18.9 Å². The zero-order valence-corrected chi connectivity index (χ0v) is 17.1. The van der Waals surface area contributed by atoms with Gasteiger partial charge in [-0.05, 0) is 42.7 Å². The summed E-state index contributed by atoms with van der Waals surface area (Å²) in [6.07, 6.45) is 5.27. The van der Waals surface area contributed by atoms with Crippen molar-refractivity contribution in [2.45, 2.75) is 25.7 Å². The fraction of sp³-hybridized carbons (Fsp3) is 0.292. The van der Waals surface area contributed by atoms with Gasteiger partial charge in [0.15, 0.2) is 0 Å². The number of hydrogen-bond donors (Lipinski definition) is 1. The lowest BCUT2D eigenvalue weighted by atomic mass is 10.2. The van der Waals surface area contributed by atoms with Crippen LogP contribution in [0.15, 0.2) is 48.5 Å². The minimum atomic E-state index is -0.567. The zero-order chi connectivity index (χ0) is 22.3. The van der Waals surface area contributed by atoms with E-state index in [0.717, 1.165) is 5.56 Å². The van der Waals surface area contributed by atoms with Crippen LogP contribution in [0, 0.1) is 22.7 Å². The zero-order valence-electron chi connectivity index (χ0n) is 17.1. The third-order valence-electron chi connectivity index (χ3n) is 4.03. The predicted molar refractivity (Wildman–Crippen MR) is 115 cm³/mol. The summed E-state index contributed by atoms with van der Waals surface area (Å²) in [7, 11) is 0. The van der Waals surface area contributed by atoms with E-state index in [9.17, 15) is 4.79 Å². The van der Waals surface area contributed by atoms with Gasteiger partial charge in [0.25, 0.3) is 0 Å². The van der Waals surface area contributed by atoms with E-state index in [1.54, 1.807) is 54.6 Å². The van der Waals surface area contributed by atoms with Crippen molar-refractivity contribution in [1.29, 1.82) is 10.5 Å². The molecule has 1 N–H and O–H groups in total. The molecular formula is C24H24N2O5. The van der Waals surface area contributed by atoms with Gasteiger partial charge in [-0.25, -0.2) is 4.79 Å². The Hall–Kier alpha value is -3.81. The minimum Gasteiger partial charge on any atom is -0.493 e. The molecule has 0 fully saturated rings. The van der Waals surface area contributed by atoms with Crippen LogP contribution in [0.4, 0.5) is 0 Å². The average Bonchev–Trinajstić information content (AvgIpc) is 2.79. The highest BCUT2D eigenvalue weighted by atomic mass is 16.5. The fourth-order valence-corrected chi connectivity index (χ4v) is 2.54. The van der Waals surface area contributed by atoms with Crippen LogP contribution in [-0.4, -0.2) is 30.9 Å². The Bertz CT molecular complexity index is 915. The van der Waals surface area contributed by atoms with Gasteiger partial charge < -0.3 is 19.3 Å². The first-order valence-electron chi connectivity index (χ1n) is 9.90. The second-order valence-electron chi connectivity index (χ2n) is 6.46. The molecule has 0 spiro atoms. The number of nitriles is 2.